The minimum Gasteiger partial charge on any atom is -0.494 e. The van der Waals surface area contributed by atoms with Gasteiger partial charge in [0.25, 0.3) is 0 Å². The zero-order chi connectivity index (χ0) is 17.0. The average Bonchev–Trinajstić information content (AvgIpc) is 2.64. The van der Waals surface area contributed by atoms with Crippen LogP contribution in [-0.4, -0.2) is 26.3 Å². The van der Waals surface area contributed by atoms with Crippen LogP contribution in [0.4, 0.5) is 0 Å². The second-order valence-electron chi connectivity index (χ2n) is 6.87. The van der Waals surface area contributed by atoms with Crippen LogP contribution in [0.25, 0.3) is 0 Å². The van der Waals surface area contributed by atoms with E-state index in [9.17, 15) is 0 Å². The first-order valence-electron chi connectivity index (χ1n) is 9.73. The van der Waals surface area contributed by atoms with Crippen molar-refractivity contribution in [1.29, 1.82) is 0 Å². The number of ether oxygens (including phenoxy) is 2. The smallest absolute Gasteiger partial charge is 0.119 e. The van der Waals surface area contributed by atoms with Crippen molar-refractivity contribution in [3.8, 4) is 5.75 Å². The van der Waals surface area contributed by atoms with Gasteiger partial charge in [0.05, 0.1) is 19.7 Å². The van der Waals surface area contributed by atoms with Crippen LogP contribution in [0.15, 0.2) is 24.3 Å². The van der Waals surface area contributed by atoms with Crippen LogP contribution in [0.2, 0.25) is 6.04 Å². The highest BCUT2D eigenvalue weighted by Crippen LogP contribution is 2.34. The number of hydrogen-bond donors (Lipinski definition) is 0. The van der Waals surface area contributed by atoms with Gasteiger partial charge < -0.3 is 9.47 Å². The highest BCUT2D eigenvalue weighted by atomic mass is 127. The van der Waals surface area contributed by atoms with Gasteiger partial charge in [-0.1, -0.05) is 37.9 Å². The third kappa shape index (κ3) is 7.44. The largest absolute Gasteiger partial charge is 0.494 e. The van der Waals surface area contributed by atoms with Crippen molar-refractivity contribution in [3.63, 3.8) is 0 Å². The lowest BCUT2D eigenvalue weighted by Crippen LogP contribution is -2.21. The Bertz CT molecular complexity index is 430. The molecule has 0 aliphatic heterocycles. The molecule has 0 aromatic heterocycles. The number of halogens is 1. The van der Waals surface area contributed by atoms with Crippen molar-refractivity contribution in [2.45, 2.75) is 76.4 Å². The Kier molecular flexibility index (Phi) is 10.4. The molecule has 1 aromatic rings. The molecule has 1 aromatic carbocycles. The predicted octanol–water partition coefficient (Wildman–Crippen LogP) is 5.63. The summed E-state index contributed by atoms with van der Waals surface area (Å²) in [7, 11) is 0.190. The van der Waals surface area contributed by atoms with E-state index in [0.717, 1.165) is 25.4 Å². The molecule has 4 heteroatoms. The molecule has 1 aliphatic carbocycles. The third-order valence-electron chi connectivity index (χ3n) is 4.92. The number of unbranched alkanes of at least 4 members (excludes halogenated alkanes) is 2. The Hall–Kier alpha value is -0.0731. The van der Waals surface area contributed by atoms with Crippen molar-refractivity contribution in [2.24, 2.45) is 0 Å². The average molecular weight is 460 g/mol. The van der Waals surface area contributed by atoms with Crippen molar-refractivity contribution < 1.29 is 9.47 Å². The van der Waals surface area contributed by atoms with E-state index in [-0.39, 0.29) is 7.02 Å². The summed E-state index contributed by atoms with van der Waals surface area (Å²) in [6.07, 6.45) is 10.4. The van der Waals surface area contributed by atoms with Gasteiger partial charge >= 0.3 is 0 Å². The summed E-state index contributed by atoms with van der Waals surface area (Å²) < 4.78 is 11.9. The molecule has 0 unspecified atom stereocenters. The summed E-state index contributed by atoms with van der Waals surface area (Å²) in [4.78, 5) is 0. The van der Waals surface area contributed by atoms with Crippen LogP contribution in [0.3, 0.4) is 0 Å². The minimum absolute atomic E-state index is 0.190. The lowest BCUT2D eigenvalue weighted by Gasteiger charge is -2.29. The fraction of sp³-hybridized carbons (Fsp3) is 0.700. The monoisotopic (exact) mass is 460 g/mol. The van der Waals surface area contributed by atoms with E-state index in [2.05, 4.69) is 53.0 Å². The number of benzene rings is 1. The van der Waals surface area contributed by atoms with E-state index in [1.54, 1.807) is 0 Å². The Morgan fingerprint density at radius 2 is 1.75 bits per heavy atom. The molecular weight excluding hydrogens is 427 g/mol. The van der Waals surface area contributed by atoms with Gasteiger partial charge in [-0.25, -0.2) is 0 Å². The molecule has 0 bridgehead atoms. The first kappa shape index (κ1) is 20.2. The maximum absolute atomic E-state index is 6.05. The lowest BCUT2D eigenvalue weighted by molar-refractivity contribution is 0.0252. The van der Waals surface area contributed by atoms with E-state index in [1.807, 2.05) is 0 Å². The van der Waals surface area contributed by atoms with E-state index < -0.39 is 0 Å². The summed E-state index contributed by atoms with van der Waals surface area (Å²) in [5.74, 6) is 1.73. The Morgan fingerprint density at radius 3 is 2.42 bits per heavy atom. The van der Waals surface area contributed by atoms with Crippen LogP contribution in [0.5, 0.6) is 5.75 Å². The highest BCUT2D eigenvalue weighted by molar-refractivity contribution is 14.1. The van der Waals surface area contributed by atoms with Gasteiger partial charge in [0.15, 0.2) is 0 Å². The lowest BCUT2D eigenvalue weighted by atomic mass is 9.83. The minimum atomic E-state index is 0.190. The maximum atomic E-state index is 6.05. The molecule has 24 heavy (non-hydrogen) atoms. The predicted molar refractivity (Wildman–Crippen MR) is 114 cm³/mol. The third-order valence-corrected chi connectivity index (χ3v) is 7.98. The Morgan fingerprint density at radius 1 is 1.00 bits per heavy atom. The van der Waals surface area contributed by atoms with Crippen LogP contribution >= 0.6 is 21.8 Å². The molecular formula is C20H33IO2Si. The van der Waals surface area contributed by atoms with Crippen LogP contribution in [0.1, 0.15) is 69.8 Å². The number of rotatable bonds is 11. The van der Waals surface area contributed by atoms with E-state index in [4.69, 9.17) is 9.47 Å². The molecule has 0 amide bonds. The zero-order valence-corrected chi connectivity index (χ0v) is 18.7. The summed E-state index contributed by atoms with van der Waals surface area (Å²) in [6.45, 7) is 4.05. The normalized spacial score (nSPS) is 21.4. The molecule has 1 fully saturated rings. The molecule has 1 aliphatic rings. The molecule has 0 saturated heterocycles. The first-order valence-corrected chi connectivity index (χ1v) is 15.8. The van der Waals surface area contributed by atoms with Gasteiger partial charge in [0.2, 0.25) is 0 Å². The maximum Gasteiger partial charge on any atom is 0.119 e. The van der Waals surface area contributed by atoms with E-state index in [0.29, 0.717) is 12.0 Å². The van der Waals surface area contributed by atoms with Crippen molar-refractivity contribution in [2.75, 3.05) is 13.2 Å². The van der Waals surface area contributed by atoms with Crippen molar-refractivity contribution in [3.05, 3.63) is 29.8 Å². The quantitative estimate of drug-likeness (QED) is 0.185. The summed E-state index contributed by atoms with van der Waals surface area (Å²) in [5, 5.41) is 0. The van der Waals surface area contributed by atoms with E-state index >= 15 is 0 Å². The second-order valence-corrected chi connectivity index (χ2v) is 11.2. The first-order chi connectivity index (χ1) is 11.8. The zero-order valence-electron chi connectivity index (χ0n) is 15.1. The Labute approximate surface area is 163 Å². The topological polar surface area (TPSA) is 18.5 Å². The molecule has 0 spiro atoms. The van der Waals surface area contributed by atoms with Gasteiger partial charge in [0.1, 0.15) is 5.75 Å². The molecule has 0 heterocycles. The standard InChI is InChI=1S/C20H33IO2Si/c1-2-3-4-14-22-19-10-6-17(7-11-19)18-8-12-20(13-9-18)23-15-5-16-24-21/h6-7,10-11,18,20H,2-5,8-9,12-16,24H2,1H3. The molecule has 1 saturated carbocycles. The molecule has 2 rings (SSSR count). The highest BCUT2D eigenvalue weighted by Gasteiger charge is 2.22. The van der Waals surface area contributed by atoms with Gasteiger partial charge in [-0.2, -0.15) is 0 Å². The van der Waals surface area contributed by atoms with Gasteiger partial charge in [0, 0.05) is 6.61 Å². The SMILES string of the molecule is CCCCCOc1ccc(C2CCC(OCCC[SiH2]I)CC2)cc1. The molecule has 2 nitrogen and oxygen atoms in total. The Balaban J connectivity index is 1.68. The van der Waals surface area contributed by atoms with Gasteiger partial charge in [-0.3, -0.25) is 0 Å². The van der Waals surface area contributed by atoms with Crippen molar-refractivity contribution >= 4 is 28.8 Å². The summed E-state index contributed by atoms with van der Waals surface area (Å²) in [5.41, 5.74) is 1.48. The number of hydrogen-bond acceptors (Lipinski definition) is 2. The fourth-order valence-corrected chi connectivity index (χ4v) is 5.40. The van der Waals surface area contributed by atoms with Gasteiger partial charge in [-0.05, 0) is 62.1 Å². The summed E-state index contributed by atoms with van der Waals surface area (Å²) >= 11 is 2.58. The molecule has 0 radical (unpaired) electrons. The van der Waals surface area contributed by atoms with Crippen molar-refractivity contribution in [1.82, 2.24) is 0 Å². The second kappa shape index (κ2) is 12.3. The molecule has 0 N–H and O–H groups in total. The summed E-state index contributed by atoms with van der Waals surface area (Å²) in [6, 6.07) is 10.3. The molecule has 0 atom stereocenters. The molecule has 136 valence electrons. The fourth-order valence-electron chi connectivity index (χ4n) is 3.39. The van der Waals surface area contributed by atoms with Crippen LogP contribution in [0, 0.1) is 0 Å². The van der Waals surface area contributed by atoms with E-state index in [1.165, 1.54) is 56.6 Å². The van der Waals surface area contributed by atoms with Gasteiger partial charge in [-0.15, -0.1) is 21.8 Å². The van der Waals surface area contributed by atoms with Crippen LogP contribution < -0.4 is 4.74 Å². The van der Waals surface area contributed by atoms with Crippen LogP contribution in [-0.2, 0) is 4.74 Å².